The number of hydrogen-bond acceptors (Lipinski definition) is 2. The van der Waals surface area contributed by atoms with Crippen molar-refractivity contribution in [1.82, 2.24) is 5.32 Å². The van der Waals surface area contributed by atoms with Crippen LogP contribution in [0.4, 0.5) is 0 Å². The van der Waals surface area contributed by atoms with Gasteiger partial charge in [-0.1, -0.05) is 25.7 Å². The van der Waals surface area contributed by atoms with Crippen LogP contribution in [0, 0.1) is 17.8 Å². The van der Waals surface area contributed by atoms with Gasteiger partial charge >= 0.3 is 0 Å². The molecule has 1 aliphatic heterocycles. The summed E-state index contributed by atoms with van der Waals surface area (Å²) >= 11 is 0. The van der Waals surface area contributed by atoms with E-state index in [2.05, 4.69) is 26.1 Å². The van der Waals surface area contributed by atoms with Crippen molar-refractivity contribution in [1.29, 1.82) is 0 Å². The van der Waals surface area contributed by atoms with Gasteiger partial charge in [0.15, 0.2) is 0 Å². The van der Waals surface area contributed by atoms with E-state index in [1.807, 2.05) is 0 Å². The van der Waals surface area contributed by atoms with E-state index >= 15 is 0 Å². The Morgan fingerprint density at radius 2 is 1.55 bits per heavy atom. The third-order valence-electron chi connectivity index (χ3n) is 5.19. The first kappa shape index (κ1) is 16.3. The van der Waals surface area contributed by atoms with E-state index in [9.17, 15) is 0 Å². The third kappa shape index (κ3) is 5.73. The maximum absolute atomic E-state index is 5.52. The summed E-state index contributed by atoms with van der Waals surface area (Å²) in [6.07, 6.45) is 11.3. The minimum absolute atomic E-state index is 0.259. The van der Waals surface area contributed by atoms with E-state index < -0.39 is 0 Å². The Kier molecular flexibility index (Phi) is 6.35. The van der Waals surface area contributed by atoms with Gasteiger partial charge in [-0.05, 0) is 70.8 Å². The minimum atomic E-state index is 0.259. The summed E-state index contributed by atoms with van der Waals surface area (Å²) in [5.41, 5.74) is 0.259. The molecule has 2 heteroatoms. The van der Waals surface area contributed by atoms with Crippen LogP contribution in [0.2, 0.25) is 0 Å². The highest BCUT2D eigenvalue weighted by atomic mass is 16.5. The summed E-state index contributed by atoms with van der Waals surface area (Å²) in [4.78, 5) is 0. The molecule has 2 atom stereocenters. The Morgan fingerprint density at radius 1 is 0.900 bits per heavy atom. The molecule has 0 spiro atoms. The van der Waals surface area contributed by atoms with Gasteiger partial charge in [0.1, 0.15) is 0 Å². The van der Waals surface area contributed by atoms with Crippen LogP contribution >= 0.6 is 0 Å². The quantitative estimate of drug-likeness (QED) is 0.772. The molecular weight excluding hydrogens is 246 g/mol. The number of ether oxygens (including phenoxy) is 1. The highest BCUT2D eigenvalue weighted by molar-refractivity contribution is 4.81. The molecule has 0 aromatic heterocycles. The summed E-state index contributed by atoms with van der Waals surface area (Å²) in [6.45, 7) is 10.1. The highest BCUT2D eigenvalue weighted by Crippen LogP contribution is 2.35. The van der Waals surface area contributed by atoms with Crippen molar-refractivity contribution in [2.24, 2.45) is 17.8 Å². The average Bonchev–Trinajstić information content (AvgIpc) is 2.62. The van der Waals surface area contributed by atoms with Crippen molar-refractivity contribution in [2.45, 2.75) is 77.7 Å². The van der Waals surface area contributed by atoms with E-state index in [1.165, 1.54) is 57.9 Å². The number of hydrogen-bond donors (Lipinski definition) is 1. The van der Waals surface area contributed by atoms with Gasteiger partial charge < -0.3 is 10.1 Å². The normalized spacial score (nSPS) is 30.1. The van der Waals surface area contributed by atoms with E-state index in [-0.39, 0.29) is 5.54 Å². The van der Waals surface area contributed by atoms with Gasteiger partial charge in [-0.3, -0.25) is 0 Å². The van der Waals surface area contributed by atoms with Gasteiger partial charge in [0.2, 0.25) is 0 Å². The van der Waals surface area contributed by atoms with Crippen LogP contribution in [0.1, 0.15) is 72.1 Å². The van der Waals surface area contributed by atoms with Gasteiger partial charge in [0.05, 0.1) is 0 Å². The molecular formula is C18H35NO. The van der Waals surface area contributed by atoms with Crippen LogP contribution in [0.5, 0.6) is 0 Å². The first-order valence-electron chi connectivity index (χ1n) is 8.87. The number of nitrogens with one attached hydrogen (secondary N) is 1. The van der Waals surface area contributed by atoms with Crippen LogP contribution in [-0.2, 0) is 4.74 Å². The van der Waals surface area contributed by atoms with Gasteiger partial charge in [-0.2, -0.15) is 0 Å². The van der Waals surface area contributed by atoms with Gasteiger partial charge in [0, 0.05) is 18.8 Å². The second kappa shape index (κ2) is 7.79. The van der Waals surface area contributed by atoms with E-state index in [0.717, 1.165) is 31.0 Å². The topological polar surface area (TPSA) is 21.3 Å². The fourth-order valence-corrected chi connectivity index (χ4v) is 3.89. The molecule has 0 bridgehead atoms. The van der Waals surface area contributed by atoms with Crippen molar-refractivity contribution < 1.29 is 4.74 Å². The van der Waals surface area contributed by atoms with Gasteiger partial charge in [-0.15, -0.1) is 0 Å². The molecule has 2 unspecified atom stereocenters. The second-order valence-electron chi connectivity index (χ2n) is 8.08. The Hall–Kier alpha value is -0.0800. The molecule has 2 fully saturated rings. The Morgan fingerprint density at radius 3 is 2.20 bits per heavy atom. The van der Waals surface area contributed by atoms with E-state index in [0.29, 0.717) is 0 Å². The summed E-state index contributed by atoms with van der Waals surface area (Å²) in [6, 6.07) is 0. The third-order valence-corrected chi connectivity index (χ3v) is 5.19. The first-order chi connectivity index (χ1) is 9.54. The molecule has 0 aromatic rings. The lowest BCUT2D eigenvalue weighted by Crippen LogP contribution is -2.41. The Labute approximate surface area is 126 Å². The SMILES string of the molecule is CC(C)(C)NCC1CCCCCC1CC1CCOCC1. The molecule has 0 aromatic carbocycles. The van der Waals surface area contributed by atoms with Crippen LogP contribution in [0.25, 0.3) is 0 Å². The average molecular weight is 281 g/mol. The highest BCUT2D eigenvalue weighted by Gasteiger charge is 2.28. The fourth-order valence-electron chi connectivity index (χ4n) is 3.89. The predicted octanol–water partition coefficient (Wildman–Crippen LogP) is 4.39. The fraction of sp³-hybridized carbons (Fsp3) is 1.00. The van der Waals surface area contributed by atoms with E-state index in [4.69, 9.17) is 4.74 Å². The van der Waals surface area contributed by atoms with Crippen LogP contribution in [0.3, 0.4) is 0 Å². The lowest BCUT2D eigenvalue weighted by Gasteiger charge is -2.33. The van der Waals surface area contributed by atoms with Crippen molar-refractivity contribution in [3.05, 3.63) is 0 Å². The van der Waals surface area contributed by atoms with Crippen molar-refractivity contribution in [3.8, 4) is 0 Å². The molecule has 118 valence electrons. The largest absolute Gasteiger partial charge is 0.381 e. The molecule has 0 amide bonds. The second-order valence-corrected chi connectivity index (χ2v) is 8.08. The van der Waals surface area contributed by atoms with E-state index in [1.54, 1.807) is 0 Å². The molecule has 0 radical (unpaired) electrons. The van der Waals surface area contributed by atoms with Crippen LogP contribution in [-0.4, -0.2) is 25.3 Å². The lowest BCUT2D eigenvalue weighted by molar-refractivity contribution is 0.0535. The lowest BCUT2D eigenvalue weighted by atomic mass is 9.79. The molecule has 1 aliphatic carbocycles. The summed E-state index contributed by atoms with van der Waals surface area (Å²) < 4.78 is 5.52. The summed E-state index contributed by atoms with van der Waals surface area (Å²) in [5, 5.41) is 3.76. The molecule has 2 rings (SSSR count). The van der Waals surface area contributed by atoms with Gasteiger partial charge in [0.25, 0.3) is 0 Å². The predicted molar refractivity (Wildman–Crippen MR) is 86.0 cm³/mol. The Bertz CT molecular complexity index is 265. The summed E-state index contributed by atoms with van der Waals surface area (Å²) in [7, 11) is 0. The molecule has 1 heterocycles. The van der Waals surface area contributed by atoms with Crippen LogP contribution < -0.4 is 5.32 Å². The smallest absolute Gasteiger partial charge is 0.0468 e. The summed E-state index contributed by atoms with van der Waals surface area (Å²) in [5.74, 6) is 2.79. The molecule has 2 nitrogen and oxygen atoms in total. The van der Waals surface area contributed by atoms with Crippen LogP contribution in [0.15, 0.2) is 0 Å². The number of rotatable bonds is 4. The zero-order valence-corrected chi connectivity index (χ0v) is 13.9. The zero-order chi connectivity index (χ0) is 14.4. The molecule has 1 saturated carbocycles. The Balaban J connectivity index is 1.86. The van der Waals surface area contributed by atoms with Gasteiger partial charge in [-0.25, -0.2) is 0 Å². The standard InChI is InChI=1S/C18H35NO/c1-18(2,3)19-14-17-8-6-4-5-7-16(17)13-15-9-11-20-12-10-15/h15-17,19H,4-14H2,1-3H3. The minimum Gasteiger partial charge on any atom is -0.381 e. The molecule has 20 heavy (non-hydrogen) atoms. The molecule has 2 aliphatic rings. The maximum atomic E-state index is 5.52. The molecule has 1 N–H and O–H groups in total. The van der Waals surface area contributed by atoms with Crippen molar-refractivity contribution in [3.63, 3.8) is 0 Å². The monoisotopic (exact) mass is 281 g/mol. The zero-order valence-electron chi connectivity index (χ0n) is 13.9. The maximum Gasteiger partial charge on any atom is 0.0468 e. The molecule has 1 saturated heterocycles. The van der Waals surface area contributed by atoms with Crippen molar-refractivity contribution in [2.75, 3.05) is 19.8 Å². The van der Waals surface area contributed by atoms with Crippen molar-refractivity contribution >= 4 is 0 Å². The first-order valence-corrected chi connectivity index (χ1v) is 8.87.